The fraction of sp³-hybridized carbons (Fsp3) is 0.949. The predicted octanol–water partition coefficient (Wildman–Crippen LogP) is 23.1. The number of hydrogen-bond donors (Lipinski definition) is 3. The SMILES string of the molecule is CCCCCCCCCCCCCCCCCCCC(=O)O[C@H](COC(=O)CCCCCCCCCCCCCCCC(C)C)COP(=O)(O)OC[C@@H](O)COP(=O)(O)OC[C@@H](COC(=O)CCCCCCCCCC(C)C)OC(=O)CCCCCCCCCCCCCCCC. The largest absolute Gasteiger partial charge is 0.472 e. The van der Waals surface area contributed by atoms with Gasteiger partial charge >= 0.3 is 39.5 Å². The Bertz CT molecular complexity index is 1870. The minimum Gasteiger partial charge on any atom is -0.462 e. The van der Waals surface area contributed by atoms with Crippen molar-refractivity contribution in [3.63, 3.8) is 0 Å². The van der Waals surface area contributed by atoms with E-state index in [1.165, 1.54) is 218 Å². The van der Waals surface area contributed by atoms with Crippen LogP contribution >= 0.6 is 15.6 Å². The molecule has 0 rings (SSSR count). The van der Waals surface area contributed by atoms with Crippen molar-refractivity contribution in [3.05, 3.63) is 0 Å². The summed E-state index contributed by atoms with van der Waals surface area (Å²) in [5.41, 5.74) is 0. The van der Waals surface area contributed by atoms with Gasteiger partial charge in [0.25, 0.3) is 0 Å². The van der Waals surface area contributed by atoms with Gasteiger partial charge in [-0.1, -0.05) is 356 Å². The lowest BCUT2D eigenvalue weighted by atomic mass is 10.0. The topological polar surface area (TPSA) is 237 Å². The summed E-state index contributed by atoms with van der Waals surface area (Å²) in [5.74, 6) is -0.615. The van der Waals surface area contributed by atoms with E-state index in [-0.39, 0.29) is 25.7 Å². The molecule has 0 aliphatic carbocycles. The smallest absolute Gasteiger partial charge is 0.462 e. The van der Waals surface area contributed by atoms with Gasteiger partial charge in [0, 0.05) is 25.7 Å². The summed E-state index contributed by atoms with van der Waals surface area (Å²) in [7, 11) is -9.91. The van der Waals surface area contributed by atoms with E-state index in [1.807, 2.05) is 0 Å². The fourth-order valence-corrected chi connectivity index (χ4v) is 13.6. The Kier molecular flexibility index (Phi) is 68.4. The van der Waals surface area contributed by atoms with Crippen LogP contribution in [0.4, 0.5) is 0 Å². The maximum Gasteiger partial charge on any atom is 0.472 e. The van der Waals surface area contributed by atoms with Crippen LogP contribution in [0, 0.1) is 11.8 Å². The number of rotatable bonds is 77. The molecule has 97 heavy (non-hydrogen) atoms. The highest BCUT2D eigenvalue weighted by Gasteiger charge is 2.30. The second-order valence-electron chi connectivity index (χ2n) is 29.1. The molecule has 17 nitrogen and oxygen atoms in total. The molecule has 0 bridgehead atoms. The predicted molar refractivity (Wildman–Crippen MR) is 395 cm³/mol. The molecule has 0 aromatic heterocycles. The highest BCUT2D eigenvalue weighted by atomic mass is 31.2. The zero-order valence-corrected chi connectivity index (χ0v) is 65.2. The normalized spacial score (nSPS) is 14.0. The standard InChI is InChI=1S/C78H152O17P2/c1-7-9-11-13-15-17-19-21-23-24-25-29-34-38-44-51-57-63-77(82)94-73(66-88-75(80)60-54-48-42-36-32-30-26-27-31-35-40-46-52-58-70(3)4)68-92-96(84,85)90-64-72(79)65-91-97(86,87)93-69-74(67-89-76(81)61-55-49-45-39-41-47-53-59-71(5)6)95-78(83)62-56-50-43-37-33-28-22-20-18-16-14-12-10-8-2/h70-74,79H,7-69H2,1-6H3,(H,84,85)(H,86,87)/t72-,73-,74-/m1/s1. The average molecular weight is 1420 g/mol. The number of carbonyl (C=O) groups is 4. The fourth-order valence-electron chi connectivity index (χ4n) is 12.0. The highest BCUT2D eigenvalue weighted by Crippen LogP contribution is 2.45. The number of unbranched alkanes of at least 4 members (excludes halogenated alkanes) is 47. The molecule has 0 radical (unpaired) electrons. The molecule has 0 aromatic carbocycles. The summed E-state index contributed by atoms with van der Waals surface area (Å²) in [6, 6.07) is 0. The lowest BCUT2D eigenvalue weighted by Crippen LogP contribution is -2.30. The first kappa shape index (κ1) is 95.1. The Labute approximate surface area is 594 Å². The van der Waals surface area contributed by atoms with E-state index in [1.54, 1.807) is 0 Å². The van der Waals surface area contributed by atoms with Gasteiger partial charge in [0.05, 0.1) is 26.4 Å². The molecule has 0 amide bonds. The second kappa shape index (κ2) is 69.8. The number of esters is 4. The van der Waals surface area contributed by atoms with Crippen molar-refractivity contribution in [2.24, 2.45) is 11.8 Å². The summed E-state index contributed by atoms with van der Waals surface area (Å²) >= 11 is 0. The summed E-state index contributed by atoms with van der Waals surface area (Å²) in [5, 5.41) is 10.6. The number of phosphoric acid groups is 2. The maximum absolute atomic E-state index is 13.1. The van der Waals surface area contributed by atoms with Crippen LogP contribution in [0.1, 0.15) is 408 Å². The van der Waals surface area contributed by atoms with Crippen molar-refractivity contribution < 1.29 is 80.2 Å². The Morgan fingerprint density at radius 2 is 0.474 bits per heavy atom. The highest BCUT2D eigenvalue weighted by molar-refractivity contribution is 7.47. The van der Waals surface area contributed by atoms with Crippen molar-refractivity contribution in [2.45, 2.75) is 426 Å². The molecule has 0 heterocycles. The molecule has 0 spiro atoms. The number of aliphatic hydroxyl groups excluding tert-OH is 1. The van der Waals surface area contributed by atoms with Gasteiger partial charge in [0.1, 0.15) is 19.3 Å². The molecule has 0 aliphatic heterocycles. The van der Waals surface area contributed by atoms with E-state index in [9.17, 15) is 43.2 Å². The molecule has 3 N–H and O–H groups in total. The zero-order chi connectivity index (χ0) is 71.4. The van der Waals surface area contributed by atoms with Gasteiger partial charge in [-0.25, -0.2) is 9.13 Å². The van der Waals surface area contributed by atoms with E-state index < -0.39 is 97.5 Å². The molecular formula is C78H152O17P2. The van der Waals surface area contributed by atoms with Gasteiger partial charge in [-0.15, -0.1) is 0 Å². The Morgan fingerprint density at radius 3 is 0.701 bits per heavy atom. The monoisotopic (exact) mass is 1420 g/mol. The van der Waals surface area contributed by atoms with Crippen LogP contribution in [-0.4, -0.2) is 96.7 Å². The van der Waals surface area contributed by atoms with Crippen LogP contribution in [0.25, 0.3) is 0 Å². The first-order valence-corrected chi connectivity index (χ1v) is 43.5. The van der Waals surface area contributed by atoms with Crippen LogP contribution in [0.2, 0.25) is 0 Å². The summed E-state index contributed by atoms with van der Waals surface area (Å²) in [6.45, 7) is 9.58. The van der Waals surface area contributed by atoms with Crippen LogP contribution in [0.3, 0.4) is 0 Å². The summed E-state index contributed by atoms with van der Waals surface area (Å²) in [4.78, 5) is 72.9. The number of phosphoric ester groups is 2. The number of hydrogen-bond acceptors (Lipinski definition) is 15. The number of ether oxygens (including phenoxy) is 4. The minimum atomic E-state index is -4.96. The molecule has 0 fully saturated rings. The molecule has 576 valence electrons. The van der Waals surface area contributed by atoms with E-state index in [0.717, 1.165) is 102 Å². The molecule has 19 heteroatoms. The first-order valence-electron chi connectivity index (χ1n) is 40.5. The lowest BCUT2D eigenvalue weighted by molar-refractivity contribution is -0.161. The molecule has 2 unspecified atom stereocenters. The van der Waals surface area contributed by atoms with Gasteiger partial charge in [0.15, 0.2) is 12.2 Å². The number of aliphatic hydroxyl groups is 1. The third-order valence-electron chi connectivity index (χ3n) is 18.2. The van der Waals surface area contributed by atoms with Gasteiger partial charge in [-0.05, 0) is 37.5 Å². The van der Waals surface area contributed by atoms with E-state index in [2.05, 4.69) is 41.5 Å². The van der Waals surface area contributed by atoms with E-state index in [0.29, 0.717) is 31.6 Å². The average Bonchev–Trinajstić information content (AvgIpc) is 1.75. The van der Waals surface area contributed by atoms with E-state index >= 15 is 0 Å². The van der Waals surface area contributed by atoms with Gasteiger partial charge in [-0.3, -0.25) is 37.3 Å². The van der Waals surface area contributed by atoms with Crippen LogP contribution in [0.5, 0.6) is 0 Å². The van der Waals surface area contributed by atoms with Crippen molar-refractivity contribution in [1.82, 2.24) is 0 Å². The maximum atomic E-state index is 13.1. The molecular weight excluding hydrogens is 1270 g/mol. The summed E-state index contributed by atoms with van der Waals surface area (Å²) < 4.78 is 68.6. The van der Waals surface area contributed by atoms with Crippen molar-refractivity contribution >= 4 is 39.5 Å². The van der Waals surface area contributed by atoms with E-state index in [4.69, 9.17) is 37.0 Å². The second-order valence-corrected chi connectivity index (χ2v) is 32.0. The molecule has 0 saturated heterocycles. The lowest BCUT2D eigenvalue weighted by Gasteiger charge is -2.21. The molecule has 0 saturated carbocycles. The van der Waals surface area contributed by atoms with Crippen molar-refractivity contribution in [1.29, 1.82) is 0 Å². The zero-order valence-electron chi connectivity index (χ0n) is 63.4. The Balaban J connectivity index is 5.25. The van der Waals surface area contributed by atoms with Crippen molar-refractivity contribution in [2.75, 3.05) is 39.6 Å². The first-order chi connectivity index (χ1) is 46.9. The summed E-state index contributed by atoms with van der Waals surface area (Å²) in [6.07, 6.45) is 58.2. The van der Waals surface area contributed by atoms with Gasteiger partial charge < -0.3 is 33.8 Å². The van der Waals surface area contributed by atoms with Crippen molar-refractivity contribution in [3.8, 4) is 0 Å². The molecule has 0 aliphatic rings. The minimum absolute atomic E-state index is 0.107. The molecule has 5 atom stereocenters. The van der Waals surface area contributed by atoms with Crippen LogP contribution in [0.15, 0.2) is 0 Å². The molecule has 0 aromatic rings. The van der Waals surface area contributed by atoms with Gasteiger partial charge in [0.2, 0.25) is 0 Å². The Hall–Kier alpha value is -1.94. The third-order valence-corrected chi connectivity index (χ3v) is 20.1. The van der Waals surface area contributed by atoms with Crippen LogP contribution < -0.4 is 0 Å². The quantitative estimate of drug-likeness (QED) is 0.0222. The Morgan fingerprint density at radius 1 is 0.278 bits per heavy atom. The number of carbonyl (C=O) groups excluding carboxylic acids is 4. The van der Waals surface area contributed by atoms with Gasteiger partial charge in [-0.2, -0.15) is 0 Å². The van der Waals surface area contributed by atoms with Crippen LogP contribution in [-0.2, 0) is 65.4 Å². The third kappa shape index (κ3) is 72.2.